The number of carbonyl (C=O) groups excluding carboxylic acids is 2. The summed E-state index contributed by atoms with van der Waals surface area (Å²) in [6.45, 7) is 3.27. The summed E-state index contributed by atoms with van der Waals surface area (Å²) < 4.78 is 9.92. The number of aromatic nitrogens is 1. The Hall–Kier alpha value is -1.85. The molecule has 1 aromatic heterocycles. The van der Waals surface area contributed by atoms with E-state index in [2.05, 4.69) is 10.5 Å². The molecule has 1 atom stereocenters. The van der Waals surface area contributed by atoms with Crippen LogP contribution in [0.1, 0.15) is 61.7 Å². The number of hydrogen-bond donors (Lipinski definition) is 1. The Morgan fingerprint density at radius 1 is 1.33 bits per heavy atom. The van der Waals surface area contributed by atoms with Gasteiger partial charge in [-0.1, -0.05) is 30.8 Å². The molecular weight excluding hydrogens is 272 g/mol. The Kier molecular flexibility index (Phi) is 5.36. The molecule has 0 spiro atoms. The van der Waals surface area contributed by atoms with Crippen LogP contribution in [-0.4, -0.2) is 29.2 Å². The van der Waals surface area contributed by atoms with Gasteiger partial charge in [-0.05, 0) is 26.7 Å². The third-order valence-electron chi connectivity index (χ3n) is 3.68. The molecule has 1 saturated carbocycles. The maximum absolute atomic E-state index is 12.1. The zero-order chi connectivity index (χ0) is 15.2. The van der Waals surface area contributed by atoms with Crippen LogP contribution >= 0.6 is 0 Å². The van der Waals surface area contributed by atoms with Crippen LogP contribution in [0, 0.1) is 6.92 Å². The van der Waals surface area contributed by atoms with Crippen molar-refractivity contribution in [3.05, 3.63) is 17.5 Å². The highest BCUT2D eigenvalue weighted by molar-refractivity contribution is 5.90. The van der Waals surface area contributed by atoms with Crippen LogP contribution < -0.4 is 5.32 Å². The first-order chi connectivity index (χ1) is 10.1. The normalized spacial score (nSPS) is 17.8. The van der Waals surface area contributed by atoms with Crippen molar-refractivity contribution < 1.29 is 18.8 Å². The number of carbonyl (C=O) groups is 2. The molecule has 1 aromatic rings. The predicted octanol–water partition coefficient (Wildman–Crippen LogP) is 2.37. The van der Waals surface area contributed by atoms with Gasteiger partial charge in [-0.15, -0.1) is 0 Å². The van der Waals surface area contributed by atoms with Gasteiger partial charge in [0.1, 0.15) is 0 Å². The molecule has 6 heteroatoms. The van der Waals surface area contributed by atoms with Crippen molar-refractivity contribution in [2.75, 3.05) is 0 Å². The van der Waals surface area contributed by atoms with E-state index in [4.69, 9.17) is 9.26 Å². The lowest BCUT2D eigenvalue weighted by atomic mass is 10.1. The van der Waals surface area contributed by atoms with Crippen LogP contribution in [0.2, 0.25) is 0 Å². The lowest BCUT2D eigenvalue weighted by Crippen LogP contribution is -2.41. The average Bonchev–Trinajstić information content (AvgIpc) is 2.72. The van der Waals surface area contributed by atoms with Crippen LogP contribution in [0.15, 0.2) is 10.6 Å². The molecule has 21 heavy (non-hydrogen) atoms. The molecule has 1 heterocycles. The first-order valence-corrected chi connectivity index (χ1v) is 7.51. The SMILES string of the molecule is Cc1cc(C(=O)O[C@@H](C)C(=O)NC2CCCCCC2)on1. The summed E-state index contributed by atoms with van der Waals surface area (Å²) in [5, 5.41) is 6.58. The van der Waals surface area contributed by atoms with Crippen molar-refractivity contribution in [2.24, 2.45) is 0 Å². The molecule has 0 radical (unpaired) electrons. The highest BCUT2D eigenvalue weighted by Crippen LogP contribution is 2.17. The van der Waals surface area contributed by atoms with E-state index in [1.807, 2.05) is 0 Å². The van der Waals surface area contributed by atoms with Gasteiger partial charge in [0, 0.05) is 12.1 Å². The minimum absolute atomic E-state index is 0.0154. The van der Waals surface area contributed by atoms with Crippen LogP contribution in [0.5, 0.6) is 0 Å². The van der Waals surface area contributed by atoms with E-state index in [9.17, 15) is 9.59 Å². The lowest BCUT2D eigenvalue weighted by molar-refractivity contribution is -0.130. The Morgan fingerprint density at radius 2 is 2.00 bits per heavy atom. The fraction of sp³-hybridized carbons (Fsp3) is 0.667. The number of nitrogens with one attached hydrogen (secondary N) is 1. The molecule has 0 aromatic carbocycles. The van der Waals surface area contributed by atoms with Gasteiger partial charge in [0.2, 0.25) is 5.76 Å². The van der Waals surface area contributed by atoms with Crippen molar-refractivity contribution in [1.82, 2.24) is 10.5 Å². The molecule has 1 aliphatic carbocycles. The largest absolute Gasteiger partial charge is 0.447 e. The van der Waals surface area contributed by atoms with Crippen molar-refractivity contribution in [3.63, 3.8) is 0 Å². The van der Waals surface area contributed by atoms with Gasteiger partial charge in [-0.3, -0.25) is 4.79 Å². The van der Waals surface area contributed by atoms with Gasteiger partial charge in [0.25, 0.3) is 5.91 Å². The number of amides is 1. The maximum atomic E-state index is 12.1. The van der Waals surface area contributed by atoms with Crippen molar-refractivity contribution in [2.45, 2.75) is 64.5 Å². The number of aryl methyl sites for hydroxylation is 1. The minimum Gasteiger partial charge on any atom is -0.447 e. The summed E-state index contributed by atoms with van der Waals surface area (Å²) in [4.78, 5) is 23.8. The second-order valence-electron chi connectivity index (χ2n) is 5.58. The molecular formula is C15H22N2O4. The Balaban J connectivity index is 1.82. The molecule has 0 unspecified atom stereocenters. The number of rotatable bonds is 4. The summed E-state index contributed by atoms with van der Waals surface area (Å²) in [6, 6.07) is 1.67. The van der Waals surface area contributed by atoms with Crippen LogP contribution in [0.25, 0.3) is 0 Å². The zero-order valence-electron chi connectivity index (χ0n) is 12.6. The zero-order valence-corrected chi connectivity index (χ0v) is 12.6. The molecule has 116 valence electrons. The number of hydrogen-bond acceptors (Lipinski definition) is 5. The predicted molar refractivity (Wildman–Crippen MR) is 75.8 cm³/mol. The highest BCUT2D eigenvalue weighted by atomic mass is 16.6. The average molecular weight is 294 g/mol. The minimum atomic E-state index is -0.842. The second kappa shape index (κ2) is 7.24. The third kappa shape index (κ3) is 4.58. The number of nitrogens with zero attached hydrogens (tertiary/aromatic N) is 1. The highest BCUT2D eigenvalue weighted by Gasteiger charge is 2.23. The molecule has 0 bridgehead atoms. The molecule has 2 rings (SSSR count). The van der Waals surface area contributed by atoms with E-state index in [1.54, 1.807) is 13.8 Å². The number of esters is 1. The first-order valence-electron chi connectivity index (χ1n) is 7.51. The Bertz CT molecular complexity index is 490. The molecule has 1 N–H and O–H groups in total. The second-order valence-corrected chi connectivity index (χ2v) is 5.58. The van der Waals surface area contributed by atoms with Crippen LogP contribution in [0.3, 0.4) is 0 Å². The lowest BCUT2D eigenvalue weighted by Gasteiger charge is -2.19. The summed E-state index contributed by atoms with van der Waals surface area (Å²) in [7, 11) is 0. The van der Waals surface area contributed by atoms with E-state index in [-0.39, 0.29) is 17.7 Å². The number of ether oxygens (including phenoxy) is 1. The first kappa shape index (κ1) is 15.5. The van der Waals surface area contributed by atoms with E-state index in [0.29, 0.717) is 5.69 Å². The Morgan fingerprint density at radius 3 is 2.57 bits per heavy atom. The fourth-order valence-corrected chi connectivity index (χ4v) is 2.47. The summed E-state index contributed by atoms with van der Waals surface area (Å²) in [6.07, 6.45) is 5.86. The fourth-order valence-electron chi connectivity index (χ4n) is 2.47. The molecule has 1 aliphatic rings. The van der Waals surface area contributed by atoms with Gasteiger partial charge in [0.15, 0.2) is 6.10 Å². The van der Waals surface area contributed by atoms with E-state index >= 15 is 0 Å². The van der Waals surface area contributed by atoms with E-state index in [0.717, 1.165) is 25.7 Å². The standard InChI is InChI=1S/C15H22N2O4/c1-10-9-13(21-17-10)15(19)20-11(2)14(18)16-12-7-5-3-4-6-8-12/h9,11-12H,3-8H2,1-2H3,(H,16,18)/t11-/m0/s1. The van der Waals surface area contributed by atoms with Crippen LogP contribution in [0.4, 0.5) is 0 Å². The third-order valence-corrected chi connectivity index (χ3v) is 3.68. The summed E-state index contributed by atoms with van der Waals surface area (Å²) in [5.41, 5.74) is 0.595. The van der Waals surface area contributed by atoms with Crippen molar-refractivity contribution in [1.29, 1.82) is 0 Å². The van der Waals surface area contributed by atoms with Gasteiger partial charge in [0.05, 0.1) is 5.69 Å². The maximum Gasteiger partial charge on any atom is 0.377 e. The topological polar surface area (TPSA) is 81.4 Å². The molecule has 0 saturated heterocycles. The van der Waals surface area contributed by atoms with E-state index in [1.165, 1.54) is 18.9 Å². The van der Waals surface area contributed by atoms with Gasteiger partial charge in [-0.2, -0.15) is 0 Å². The van der Waals surface area contributed by atoms with Crippen molar-refractivity contribution >= 4 is 11.9 Å². The molecule has 0 aliphatic heterocycles. The molecule has 1 fully saturated rings. The smallest absolute Gasteiger partial charge is 0.377 e. The summed E-state index contributed by atoms with van der Waals surface area (Å²) >= 11 is 0. The van der Waals surface area contributed by atoms with E-state index < -0.39 is 12.1 Å². The monoisotopic (exact) mass is 294 g/mol. The van der Waals surface area contributed by atoms with Gasteiger partial charge in [-0.25, -0.2) is 4.79 Å². The van der Waals surface area contributed by atoms with Gasteiger partial charge < -0.3 is 14.6 Å². The molecule has 6 nitrogen and oxygen atoms in total. The van der Waals surface area contributed by atoms with Gasteiger partial charge >= 0.3 is 5.97 Å². The summed E-state index contributed by atoms with van der Waals surface area (Å²) in [5.74, 6) is -0.910. The Labute approximate surface area is 124 Å². The quantitative estimate of drug-likeness (QED) is 0.681. The van der Waals surface area contributed by atoms with Crippen LogP contribution in [-0.2, 0) is 9.53 Å². The van der Waals surface area contributed by atoms with Crippen molar-refractivity contribution in [3.8, 4) is 0 Å². The molecule has 1 amide bonds.